The summed E-state index contributed by atoms with van der Waals surface area (Å²) in [6.07, 6.45) is -1.33. The average Bonchev–Trinajstić information content (AvgIpc) is 3.27. The molecule has 2 fully saturated rings. The first-order valence-electron chi connectivity index (χ1n) is 7.93. The molecular weight excluding hydrogens is 420 g/mol. The number of imidazole rings is 1. The number of halogens is 1. The van der Waals surface area contributed by atoms with Crippen molar-refractivity contribution in [3.8, 4) is 0 Å². The molecule has 4 rings (SSSR count). The minimum atomic E-state index is -1.93. The highest BCUT2D eigenvalue weighted by atomic mass is 33.2. The molecule has 2 aliphatic rings. The number of fused-ring (bicyclic) bond motifs is 1. The van der Waals surface area contributed by atoms with Crippen molar-refractivity contribution >= 4 is 56.4 Å². The van der Waals surface area contributed by atoms with Crippen molar-refractivity contribution in [1.29, 1.82) is 0 Å². The molecule has 26 heavy (non-hydrogen) atoms. The Bertz CT molecular complexity index is 929. The van der Waals surface area contributed by atoms with E-state index in [2.05, 4.69) is 15.0 Å². The number of nitrogens with zero attached hydrogens (tertiary/aromatic N) is 3. The van der Waals surface area contributed by atoms with Gasteiger partial charge in [0, 0.05) is 17.4 Å². The number of anilines is 1. The minimum absolute atomic E-state index is 0.0567. The van der Waals surface area contributed by atoms with Crippen LogP contribution in [-0.4, -0.2) is 49.9 Å². The summed E-state index contributed by atoms with van der Waals surface area (Å²) in [6, 6.07) is 0. The van der Waals surface area contributed by atoms with E-state index in [-0.39, 0.29) is 23.7 Å². The number of hydrogen-bond acceptors (Lipinski definition) is 9. The average molecular weight is 437 g/mol. The van der Waals surface area contributed by atoms with Crippen molar-refractivity contribution < 1.29 is 13.7 Å². The molecule has 0 aliphatic carbocycles. The van der Waals surface area contributed by atoms with Crippen LogP contribution < -0.4 is 11.3 Å². The molecule has 4 atom stereocenters. The molecule has 3 N–H and O–H groups in total. The lowest BCUT2D eigenvalue weighted by molar-refractivity contribution is -0.0318. The number of H-pyrrole nitrogens is 1. The quantitative estimate of drug-likeness (QED) is 0.697. The number of nitrogens with one attached hydrogen (secondary N) is 1. The first kappa shape index (κ1) is 18.7. The van der Waals surface area contributed by atoms with Gasteiger partial charge in [-0.05, 0) is 11.8 Å². The van der Waals surface area contributed by atoms with Crippen LogP contribution in [0.3, 0.4) is 0 Å². The van der Waals surface area contributed by atoms with Crippen molar-refractivity contribution in [3.63, 3.8) is 0 Å². The highest BCUT2D eigenvalue weighted by molar-refractivity contribution is 9.00. The zero-order valence-corrected chi connectivity index (χ0v) is 17.0. The number of aromatic nitrogens is 4. The molecular formula is C13H17FN5O3PS3. The van der Waals surface area contributed by atoms with Gasteiger partial charge in [0.25, 0.3) is 5.56 Å². The number of rotatable bonds is 4. The predicted molar refractivity (Wildman–Crippen MR) is 106 cm³/mol. The molecule has 0 aromatic carbocycles. The molecule has 142 valence electrons. The molecule has 0 unspecified atom stereocenters. The fraction of sp³-hybridized carbons (Fsp3) is 0.615. The monoisotopic (exact) mass is 437 g/mol. The number of hydrogen-bond donors (Lipinski definition) is 2. The Morgan fingerprint density at radius 1 is 1.58 bits per heavy atom. The molecule has 0 amide bonds. The van der Waals surface area contributed by atoms with Crippen molar-refractivity contribution in [1.82, 2.24) is 19.5 Å². The predicted octanol–water partition coefficient (Wildman–Crippen LogP) is 2.29. The Hall–Kier alpha value is -0.650. The van der Waals surface area contributed by atoms with Crippen LogP contribution >= 0.6 is 27.4 Å². The van der Waals surface area contributed by atoms with E-state index in [1.165, 1.54) is 10.9 Å². The van der Waals surface area contributed by atoms with Gasteiger partial charge in [-0.3, -0.25) is 14.3 Å². The van der Waals surface area contributed by atoms with E-state index in [4.69, 9.17) is 26.8 Å². The Balaban J connectivity index is 1.56. The summed E-state index contributed by atoms with van der Waals surface area (Å²) < 4.78 is 26.2. The van der Waals surface area contributed by atoms with Gasteiger partial charge in [0.2, 0.25) is 5.95 Å². The topological polar surface area (TPSA) is 108 Å². The Morgan fingerprint density at radius 2 is 2.31 bits per heavy atom. The summed E-state index contributed by atoms with van der Waals surface area (Å²) in [6.45, 7) is 2.02. The molecule has 0 saturated carbocycles. The lowest BCUT2D eigenvalue weighted by Crippen LogP contribution is -2.22. The van der Waals surface area contributed by atoms with Crippen LogP contribution in [0.25, 0.3) is 11.2 Å². The summed E-state index contributed by atoms with van der Waals surface area (Å²) in [7, 11) is 0. The molecule has 0 bridgehead atoms. The van der Waals surface area contributed by atoms with Gasteiger partial charge >= 0.3 is 0 Å². The summed E-state index contributed by atoms with van der Waals surface area (Å²) in [5.74, 6) is 1.52. The molecule has 0 spiro atoms. The highest BCUT2D eigenvalue weighted by Crippen LogP contribution is 2.74. The van der Waals surface area contributed by atoms with E-state index in [1.54, 1.807) is 29.7 Å². The summed E-state index contributed by atoms with van der Waals surface area (Å²) in [4.78, 5) is 22.4. The third kappa shape index (κ3) is 3.31. The summed E-state index contributed by atoms with van der Waals surface area (Å²) in [5, 5.41) is 0. The Morgan fingerprint density at radius 3 is 3.04 bits per heavy atom. The van der Waals surface area contributed by atoms with E-state index in [1.807, 2.05) is 0 Å². The zero-order valence-electron chi connectivity index (χ0n) is 13.7. The van der Waals surface area contributed by atoms with Gasteiger partial charge in [-0.2, -0.15) is 4.98 Å². The minimum Gasteiger partial charge on any atom is -0.369 e. The molecule has 2 aromatic heterocycles. The number of nitrogen functional groups attached to an aromatic ring is 1. The molecule has 8 nitrogen and oxygen atoms in total. The first-order valence-corrected chi connectivity index (χ1v) is 13.8. The number of alkyl halides is 1. The fourth-order valence-electron chi connectivity index (χ4n) is 2.96. The third-order valence-corrected chi connectivity index (χ3v) is 14.2. The van der Waals surface area contributed by atoms with E-state index < -0.39 is 34.6 Å². The fourth-order valence-corrected chi connectivity index (χ4v) is 11.8. The molecule has 2 aliphatic heterocycles. The highest BCUT2D eigenvalue weighted by Gasteiger charge is 2.45. The van der Waals surface area contributed by atoms with Gasteiger partial charge in [0.05, 0.1) is 19.0 Å². The van der Waals surface area contributed by atoms with Crippen LogP contribution in [0.5, 0.6) is 0 Å². The summed E-state index contributed by atoms with van der Waals surface area (Å²) >= 11 is 8.91. The lowest BCUT2D eigenvalue weighted by atomic mass is 10.0. The first-order chi connectivity index (χ1) is 12.4. The second kappa shape index (κ2) is 7.06. The van der Waals surface area contributed by atoms with Gasteiger partial charge in [0.15, 0.2) is 28.2 Å². The molecule has 2 saturated heterocycles. The maximum Gasteiger partial charge on any atom is 0.280 e. The molecule has 2 aromatic rings. The van der Waals surface area contributed by atoms with Crippen molar-refractivity contribution in [2.24, 2.45) is 5.92 Å². The summed E-state index contributed by atoms with van der Waals surface area (Å²) in [5.41, 5.74) is 5.42. The van der Waals surface area contributed by atoms with Gasteiger partial charge in [0.1, 0.15) is 0 Å². The van der Waals surface area contributed by atoms with Gasteiger partial charge in [-0.25, -0.2) is 9.37 Å². The number of ether oxygens (including phenoxy) is 1. The van der Waals surface area contributed by atoms with E-state index >= 15 is 0 Å². The molecule has 0 radical (unpaired) electrons. The van der Waals surface area contributed by atoms with Gasteiger partial charge in [-0.1, -0.05) is 29.7 Å². The Labute approximate surface area is 161 Å². The number of aromatic amines is 1. The van der Waals surface area contributed by atoms with Gasteiger partial charge < -0.3 is 15.0 Å². The SMILES string of the molecule is C[C@H]1[C@@H](F)[C@H](n2cnc3c(=O)[nH]c(N)nc32)O[C@@H]1COP1(=S)SCCS1. The normalized spacial score (nSPS) is 31.0. The molecule has 13 heteroatoms. The number of nitrogens with two attached hydrogens (primary N) is 1. The van der Waals surface area contributed by atoms with Crippen LogP contribution in [0.1, 0.15) is 13.2 Å². The third-order valence-electron chi connectivity index (χ3n) is 4.38. The second-order valence-electron chi connectivity index (χ2n) is 6.05. The van der Waals surface area contributed by atoms with Crippen LogP contribution in [0.2, 0.25) is 0 Å². The largest absolute Gasteiger partial charge is 0.369 e. The van der Waals surface area contributed by atoms with Crippen molar-refractivity contribution in [2.75, 3.05) is 23.8 Å². The Kier molecular flexibility index (Phi) is 5.08. The molecule has 4 heterocycles. The smallest absolute Gasteiger partial charge is 0.280 e. The van der Waals surface area contributed by atoms with Crippen LogP contribution in [-0.2, 0) is 21.1 Å². The second-order valence-corrected chi connectivity index (χ2v) is 16.8. The standard InChI is InChI=1S/C13H17FN5O3PS3/c1-6-7(4-21-23(24)25-2-3-26-23)22-12(8(6)14)19-5-16-9-10(19)17-13(15)18-11(9)20/h5-8,12H,2-4H2,1H3,(H3,15,17,18,20)/t6-,7-,8-,12-/m1/s1. The lowest BCUT2D eigenvalue weighted by Gasteiger charge is -2.19. The van der Waals surface area contributed by atoms with Crippen LogP contribution in [0.4, 0.5) is 10.3 Å². The van der Waals surface area contributed by atoms with Crippen molar-refractivity contribution in [3.05, 3.63) is 16.7 Å². The van der Waals surface area contributed by atoms with Crippen molar-refractivity contribution in [2.45, 2.75) is 25.4 Å². The van der Waals surface area contributed by atoms with Gasteiger partial charge in [-0.15, -0.1) is 0 Å². The van der Waals surface area contributed by atoms with Crippen LogP contribution in [0, 0.1) is 5.92 Å². The maximum atomic E-state index is 14.9. The van der Waals surface area contributed by atoms with E-state index in [0.29, 0.717) is 0 Å². The zero-order chi connectivity index (χ0) is 18.5. The van der Waals surface area contributed by atoms with E-state index in [0.717, 1.165) is 11.5 Å². The maximum absolute atomic E-state index is 14.9. The van der Waals surface area contributed by atoms with Crippen LogP contribution in [0.15, 0.2) is 11.1 Å². The van der Waals surface area contributed by atoms with E-state index in [9.17, 15) is 9.18 Å².